The van der Waals surface area contributed by atoms with Crippen LogP contribution in [0.2, 0.25) is 0 Å². The molecule has 1 aliphatic rings. The lowest BCUT2D eigenvalue weighted by Crippen LogP contribution is -2.45. The number of aliphatic hydroxyl groups is 1. The Balaban J connectivity index is 1.76. The van der Waals surface area contributed by atoms with Gasteiger partial charge in [0.2, 0.25) is 15.9 Å². The fourth-order valence-electron chi connectivity index (χ4n) is 3.29. The molecule has 6 nitrogen and oxygen atoms in total. The summed E-state index contributed by atoms with van der Waals surface area (Å²) in [6, 6.07) is 12.8. The van der Waals surface area contributed by atoms with Crippen molar-refractivity contribution in [2.24, 2.45) is 5.92 Å². The minimum atomic E-state index is -3.63. The predicted octanol–water partition coefficient (Wildman–Crippen LogP) is 1.74. The van der Waals surface area contributed by atoms with E-state index in [1.165, 1.54) is 4.31 Å². The van der Waals surface area contributed by atoms with E-state index in [1.54, 1.807) is 12.1 Å². The Hall–Kier alpha value is -1.96. The number of hydrogen-bond donors (Lipinski definition) is 2. The van der Waals surface area contributed by atoms with E-state index in [4.69, 9.17) is 5.11 Å². The molecule has 140 valence electrons. The number of nitrogens with one attached hydrogen (secondary N) is 1. The molecule has 0 bridgehead atoms. The van der Waals surface area contributed by atoms with Crippen LogP contribution in [0.5, 0.6) is 0 Å². The lowest BCUT2D eigenvalue weighted by molar-refractivity contribution is -0.126. The first-order valence-electron chi connectivity index (χ1n) is 8.90. The molecule has 2 aromatic carbocycles. The van der Waals surface area contributed by atoms with Crippen LogP contribution in [0.4, 0.5) is 0 Å². The van der Waals surface area contributed by atoms with E-state index in [9.17, 15) is 13.2 Å². The molecule has 2 aromatic rings. The Morgan fingerprint density at radius 1 is 1.19 bits per heavy atom. The van der Waals surface area contributed by atoms with Gasteiger partial charge in [-0.25, -0.2) is 8.42 Å². The van der Waals surface area contributed by atoms with Gasteiger partial charge in [0.25, 0.3) is 0 Å². The highest BCUT2D eigenvalue weighted by Gasteiger charge is 2.33. The molecule has 0 saturated carbocycles. The zero-order chi connectivity index (χ0) is 18.6. The third kappa shape index (κ3) is 4.06. The molecular weight excluding hydrogens is 352 g/mol. The third-order valence-corrected chi connectivity index (χ3v) is 6.61. The van der Waals surface area contributed by atoms with Gasteiger partial charge >= 0.3 is 0 Å². The molecule has 2 N–H and O–H groups in total. The summed E-state index contributed by atoms with van der Waals surface area (Å²) in [5.74, 6) is -0.491. The number of aliphatic hydroxyl groups excluding tert-OH is 1. The maximum atomic E-state index is 13.0. The predicted molar refractivity (Wildman–Crippen MR) is 100 cm³/mol. The van der Waals surface area contributed by atoms with Crippen molar-refractivity contribution in [1.82, 2.24) is 9.62 Å². The smallest absolute Gasteiger partial charge is 0.243 e. The molecule has 0 spiro atoms. The first-order valence-corrected chi connectivity index (χ1v) is 10.3. The molecule has 0 aromatic heterocycles. The Labute approximate surface area is 153 Å². The van der Waals surface area contributed by atoms with Crippen molar-refractivity contribution >= 4 is 26.7 Å². The summed E-state index contributed by atoms with van der Waals surface area (Å²) in [6.07, 6.45) is 1.83. The van der Waals surface area contributed by atoms with Crippen LogP contribution in [0.25, 0.3) is 10.8 Å². The van der Waals surface area contributed by atoms with Gasteiger partial charge in [-0.1, -0.05) is 30.3 Å². The first-order chi connectivity index (χ1) is 12.5. The summed E-state index contributed by atoms with van der Waals surface area (Å²) < 4.78 is 27.5. The van der Waals surface area contributed by atoms with E-state index in [0.717, 1.165) is 10.8 Å². The van der Waals surface area contributed by atoms with Gasteiger partial charge in [-0.3, -0.25) is 4.79 Å². The molecule has 1 fully saturated rings. The molecular formula is C19H24N2O4S. The van der Waals surface area contributed by atoms with Crippen molar-refractivity contribution < 1.29 is 18.3 Å². The summed E-state index contributed by atoms with van der Waals surface area (Å²) in [4.78, 5) is 12.5. The van der Waals surface area contributed by atoms with Crippen molar-refractivity contribution in [3.63, 3.8) is 0 Å². The lowest BCUT2D eigenvalue weighted by atomic mass is 9.99. The normalized spacial score (nSPS) is 18.7. The van der Waals surface area contributed by atoms with Gasteiger partial charge in [-0.05, 0) is 42.2 Å². The monoisotopic (exact) mass is 376 g/mol. The molecule has 0 aliphatic carbocycles. The average Bonchev–Trinajstić information content (AvgIpc) is 2.67. The summed E-state index contributed by atoms with van der Waals surface area (Å²) in [7, 11) is -3.63. The largest absolute Gasteiger partial charge is 0.396 e. The second-order valence-electron chi connectivity index (χ2n) is 6.58. The van der Waals surface area contributed by atoms with Crippen LogP contribution in [0.3, 0.4) is 0 Å². The molecule has 0 radical (unpaired) electrons. The summed E-state index contributed by atoms with van der Waals surface area (Å²) in [6.45, 7) is 1.05. The topological polar surface area (TPSA) is 86.7 Å². The average molecular weight is 376 g/mol. The minimum absolute atomic E-state index is 0.0212. The highest BCUT2D eigenvalue weighted by atomic mass is 32.2. The number of rotatable bonds is 6. The summed E-state index contributed by atoms with van der Waals surface area (Å²) in [5, 5.41) is 13.4. The van der Waals surface area contributed by atoms with E-state index in [-0.39, 0.29) is 29.9 Å². The van der Waals surface area contributed by atoms with Gasteiger partial charge in [0.1, 0.15) is 0 Å². The standard InChI is InChI=1S/C19H24N2O4S/c22-12-4-10-20-19(23)17-7-3-11-21(14-17)26(24,25)18-9-8-15-5-1-2-6-16(15)13-18/h1-2,5-6,8-9,13,17,22H,3-4,7,10-12,14H2,(H,20,23). The van der Waals surface area contributed by atoms with E-state index in [0.29, 0.717) is 32.4 Å². The van der Waals surface area contributed by atoms with Gasteiger partial charge in [0.15, 0.2) is 0 Å². The quantitative estimate of drug-likeness (QED) is 0.752. The second-order valence-corrected chi connectivity index (χ2v) is 8.52. The van der Waals surface area contributed by atoms with Crippen LogP contribution in [-0.2, 0) is 14.8 Å². The fourth-order valence-corrected chi connectivity index (χ4v) is 4.85. The Morgan fingerprint density at radius 3 is 2.73 bits per heavy atom. The summed E-state index contributed by atoms with van der Waals surface area (Å²) >= 11 is 0. The maximum absolute atomic E-state index is 13.0. The minimum Gasteiger partial charge on any atom is -0.396 e. The van der Waals surface area contributed by atoms with Crippen molar-refractivity contribution in [1.29, 1.82) is 0 Å². The van der Waals surface area contributed by atoms with Crippen molar-refractivity contribution in [3.8, 4) is 0 Å². The van der Waals surface area contributed by atoms with E-state index in [2.05, 4.69) is 5.32 Å². The maximum Gasteiger partial charge on any atom is 0.243 e. The zero-order valence-corrected chi connectivity index (χ0v) is 15.4. The van der Waals surface area contributed by atoms with E-state index >= 15 is 0 Å². The Morgan fingerprint density at radius 2 is 1.96 bits per heavy atom. The summed E-state index contributed by atoms with van der Waals surface area (Å²) in [5.41, 5.74) is 0. The molecule has 1 amide bonds. The molecule has 1 saturated heterocycles. The van der Waals surface area contributed by atoms with Crippen LogP contribution in [0, 0.1) is 5.92 Å². The number of amides is 1. The second kappa shape index (κ2) is 8.16. The first kappa shape index (κ1) is 18.8. The molecule has 1 heterocycles. The SMILES string of the molecule is O=C(NCCCO)C1CCCN(S(=O)(=O)c2ccc3ccccc3c2)C1. The highest BCUT2D eigenvalue weighted by molar-refractivity contribution is 7.89. The number of fused-ring (bicyclic) bond motifs is 1. The third-order valence-electron chi connectivity index (χ3n) is 4.75. The Bertz CT molecular complexity index is 882. The van der Waals surface area contributed by atoms with Crippen molar-refractivity contribution in [2.75, 3.05) is 26.2 Å². The number of benzene rings is 2. The number of carbonyl (C=O) groups excluding carboxylic acids is 1. The van der Waals surface area contributed by atoms with E-state index < -0.39 is 10.0 Å². The van der Waals surface area contributed by atoms with Crippen molar-refractivity contribution in [3.05, 3.63) is 42.5 Å². The Kier molecular flexibility index (Phi) is 5.90. The molecule has 26 heavy (non-hydrogen) atoms. The molecule has 1 unspecified atom stereocenters. The lowest BCUT2D eigenvalue weighted by Gasteiger charge is -2.31. The van der Waals surface area contributed by atoms with Gasteiger partial charge in [-0.2, -0.15) is 4.31 Å². The van der Waals surface area contributed by atoms with Crippen LogP contribution in [0.1, 0.15) is 19.3 Å². The highest BCUT2D eigenvalue weighted by Crippen LogP contribution is 2.26. The van der Waals surface area contributed by atoms with Crippen LogP contribution >= 0.6 is 0 Å². The number of piperidine rings is 1. The number of nitrogens with zero attached hydrogens (tertiary/aromatic N) is 1. The number of sulfonamides is 1. The zero-order valence-electron chi connectivity index (χ0n) is 14.6. The van der Waals surface area contributed by atoms with E-state index in [1.807, 2.05) is 30.3 Å². The molecule has 7 heteroatoms. The number of carbonyl (C=O) groups is 1. The van der Waals surface area contributed by atoms with Crippen molar-refractivity contribution in [2.45, 2.75) is 24.2 Å². The molecule has 1 atom stereocenters. The van der Waals surface area contributed by atoms with Gasteiger partial charge in [0.05, 0.1) is 10.8 Å². The number of hydrogen-bond acceptors (Lipinski definition) is 4. The van der Waals surface area contributed by atoms with Crippen LogP contribution in [0.15, 0.2) is 47.4 Å². The van der Waals surface area contributed by atoms with Crippen LogP contribution < -0.4 is 5.32 Å². The molecule has 3 rings (SSSR count). The van der Waals surface area contributed by atoms with Gasteiger partial charge in [-0.15, -0.1) is 0 Å². The fraction of sp³-hybridized carbons (Fsp3) is 0.421. The van der Waals surface area contributed by atoms with Gasteiger partial charge < -0.3 is 10.4 Å². The molecule has 1 aliphatic heterocycles. The van der Waals surface area contributed by atoms with Gasteiger partial charge in [0, 0.05) is 26.2 Å². The van der Waals surface area contributed by atoms with Crippen LogP contribution in [-0.4, -0.2) is 50.0 Å².